The number of aliphatic carboxylic acids is 1. The second kappa shape index (κ2) is 4.52. The summed E-state index contributed by atoms with van der Waals surface area (Å²) in [5, 5.41) is 17.9. The number of carboxylic acids is 1. The second-order valence-corrected chi connectivity index (χ2v) is 2.86. The molecule has 1 rings (SSSR count). The van der Waals surface area contributed by atoms with E-state index in [1.165, 1.54) is 20.3 Å². The molecule has 16 heavy (non-hydrogen) atoms. The predicted octanol–water partition coefficient (Wildman–Crippen LogP) is 0.677. The first kappa shape index (κ1) is 11.8. The molecule has 0 aliphatic carbocycles. The molecule has 0 heterocycles. The summed E-state index contributed by atoms with van der Waals surface area (Å²) in [6, 6.07) is 2.23. The van der Waals surface area contributed by atoms with Crippen LogP contribution in [0.15, 0.2) is 12.1 Å². The highest BCUT2D eigenvalue weighted by atomic mass is 16.5. The van der Waals surface area contributed by atoms with Crippen LogP contribution >= 0.6 is 0 Å². The molecule has 0 aliphatic rings. The number of rotatable bonds is 4. The average molecular weight is 226 g/mol. The van der Waals surface area contributed by atoms with Crippen molar-refractivity contribution in [2.24, 2.45) is 0 Å². The molecule has 2 N–H and O–H groups in total. The number of carboxylic acid groups (broad SMARTS) is 1. The third-order valence-corrected chi connectivity index (χ3v) is 1.90. The number of ketones is 1. The van der Waals surface area contributed by atoms with Gasteiger partial charge in [-0.25, -0.2) is 4.79 Å². The average Bonchev–Trinajstić information content (AvgIpc) is 2.26. The highest BCUT2D eigenvalue weighted by Crippen LogP contribution is 2.35. The Labute approximate surface area is 91.0 Å². The van der Waals surface area contributed by atoms with E-state index in [4.69, 9.17) is 14.6 Å². The molecule has 1 aromatic rings. The maximum atomic E-state index is 11.3. The minimum absolute atomic E-state index is 0.0206. The maximum absolute atomic E-state index is 11.3. The molecule has 0 aromatic heterocycles. The van der Waals surface area contributed by atoms with E-state index in [2.05, 4.69) is 0 Å². The quantitative estimate of drug-likeness (QED) is 0.579. The lowest BCUT2D eigenvalue weighted by atomic mass is 10.1. The number of carbonyl (C=O) groups is 2. The Balaban J connectivity index is 3.42. The Morgan fingerprint density at radius 3 is 2.25 bits per heavy atom. The van der Waals surface area contributed by atoms with Crippen molar-refractivity contribution in [3.05, 3.63) is 17.7 Å². The predicted molar refractivity (Wildman–Crippen MR) is 53.2 cm³/mol. The minimum atomic E-state index is -1.63. The first-order valence-electron chi connectivity index (χ1n) is 4.23. The summed E-state index contributed by atoms with van der Waals surface area (Å²) in [7, 11) is 2.58. The molecule has 6 heteroatoms. The van der Waals surface area contributed by atoms with Crippen LogP contribution in [-0.4, -0.2) is 36.2 Å². The van der Waals surface area contributed by atoms with Crippen LogP contribution in [0.5, 0.6) is 17.2 Å². The molecule has 0 fully saturated rings. The monoisotopic (exact) mass is 226 g/mol. The summed E-state index contributed by atoms with van der Waals surface area (Å²) < 4.78 is 9.73. The van der Waals surface area contributed by atoms with Gasteiger partial charge in [0.25, 0.3) is 5.78 Å². The largest absolute Gasteiger partial charge is 0.508 e. The van der Waals surface area contributed by atoms with Crippen molar-refractivity contribution >= 4 is 11.8 Å². The number of hydrogen-bond donors (Lipinski definition) is 2. The van der Waals surface area contributed by atoms with Gasteiger partial charge in [-0.1, -0.05) is 0 Å². The van der Waals surface area contributed by atoms with Gasteiger partial charge in [0.05, 0.1) is 19.8 Å². The first-order valence-corrected chi connectivity index (χ1v) is 4.23. The van der Waals surface area contributed by atoms with Crippen LogP contribution in [0.3, 0.4) is 0 Å². The maximum Gasteiger partial charge on any atom is 0.377 e. The van der Waals surface area contributed by atoms with Crippen molar-refractivity contribution in [3.8, 4) is 17.2 Å². The zero-order valence-corrected chi connectivity index (χ0v) is 8.68. The molecule has 0 atom stereocenters. The zero-order chi connectivity index (χ0) is 12.3. The Bertz CT molecular complexity index is 437. The highest BCUT2D eigenvalue weighted by Gasteiger charge is 2.23. The van der Waals surface area contributed by atoms with E-state index in [0.29, 0.717) is 0 Å². The lowest BCUT2D eigenvalue weighted by Crippen LogP contribution is -2.14. The number of phenolic OH excluding ortho intramolecular Hbond substituents is 1. The standard InChI is InChI=1S/C10H10O6/c1-15-7-4-5(11)3-6(9(7)16-2)8(12)10(13)14/h3-4,11H,1-2H3,(H,13,14). The lowest BCUT2D eigenvalue weighted by molar-refractivity contribution is -0.131. The molecule has 0 saturated heterocycles. The summed E-state index contributed by atoms with van der Waals surface area (Å²) >= 11 is 0. The minimum Gasteiger partial charge on any atom is -0.508 e. The number of ether oxygens (including phenoxy) is 2. The second-order valence-electron chi connectivity index (χ2n) is 2.86. The van der Waals surface area contributed by atoms with E-state index in [1.54, 1.807) is 0 Å². The molecule has 0 saturated carbocycles. The molecule has 0 unspecified atom stereocenters. The molecular weight excluding hydrogens is 216 g/mol. The van der Waals surface area contributed by atoms with Gasteiger partial charge in [-0.05, 0) is 6.07 Å². The SMILES string of the molecule is COc1cc(O)cc(C(=O)C(=O)O)c1OC. The molecule has 6 nitrogen and oxygen atoms in total. The van der Waals surface area contributed by atoms with Gasteiger partial charge in [-0.2, -0.15) is 0 Å². The third-order valence-electron chi connectivity index (χ3n) is 1.90. The summed E-state index contributed by atoms with van der Waals surface area (Å²) in [6.45, 7) is 0. The molecule has 0 bridgehead atoms. The Kier molecular flexibility index (Phi) is 3.34. The fourth-order valence-electron chi connectivity index (χ4n) is 1.23. The summed E-state index contributed by atoms with van der Waals surface area (Å²) in [4.78, 5) is 21.8. The number of methoxy groups -OCH3 is 2. The zero-order valence-electron chi connectivity index (χ0n) is 8.68. The van der Waals surface area contributed by atoms with Gasteiger partial charge in [-0.15, -0.1) is 0 Å². The van der Waals surface area contributed by atoms with Crippen LogP contribution in [0.25, 0.3) is 0 Å². The van der Waals surface area contributed by atoms with Crippen molar-refractivity contribution in [1.82, 2.24) is 0 Å². The topological polar surface area (TPSA) is 93.1 Å². The molecule has 0 radical (unpaired) electrons. The van der Waals surface area contributed by atoms with E-state index in [9.17, 15) is 14.7 Å². The van der Waals surface area contributed by atoms with Crippen molar-refractivity contribution in [3.63, 3.8) is 0 Å². The van der Waals surface area contributed by atoms with E-state index in [-0.39, 0.29) is 22.8 Å². The van der Waals surface area contributed by atoms with Gasteiger partial charge in [0.15, 0.2) is 11.5 Å². The Hall–Kier alpha value is -2.24. The van der Waals surface area contributed by atoms with Crippen LogP contribution < -0.4 is 9.47 Å². The summed E-state index contributed by atoms with van der Waals surface area (Å²) in [5.74, 6) is -3.01. The Morgan fingerprint density at radius 2 is 1.81 bits per heavy atom. The molecule has 0 spiro atoms. The van der Waals surface area contributed by atoms with Gasteiger partial charge in [0, 0.05) is 6.07 Å². The fraction of sp³-hybridized carbons (Fsp3) is 0.200. The number of carbonyl (C=O) groups excluding carboxylic acids is 1. The van der Waals surface area contributed by atoms with E-state index in [1.807, 2.05) is 0 Å². The van der Waals surface area contributed by atoms with E-state index < -0.39 is 11.8 Å². The Morgan fingerprint density at radius 1 is 1.19 bits per heavy atom. The normalized spacial score (nSPS) is 9.62. The van der Waals surface area contributed by atoms with Crippen molar-refractivity contribution in [2.45, 2.75) is 0 Å². The first-order chi connectivity index (χ1) is 7.51. The molecule has 86 valence electrons. The molecule has 0 amide bonds. The van der Waals surface area contributed by atoms with Crippen molar-refractivity contribution < 1.29 is 29.3 Å². The summed E-state index contributed by atoms with van der Waals surface area (Å²) in [5.41, 5.74) is -0.258. The number of phenols is 1. The van der Waals surface area contributed by atoms with Crippen LogP contribution in [-0.2, 0) is 4.79 Å². The van der Waals surface area contributed by atoms with Crippen LogP contribution in [0.2, 0.25) is 0 Å². The van der Waals surface area contributed by atoms with Gasteiger partial charge in [-0.3, -0.25) is 4.79 Å². The van der Waals surface area contributed by atoms with Crippen LogP contribution in [0.4, 0.5) is 0 Å². The molecular formula is C10H10O6. The lowest BCUT2D eigenvalue weighted by Gasteiger charge is -2.11. The van der Waals surface area contributed by atoms with Gasteiger partial charge >= 0.3 is 5.97 Å². The smallest absolute Gasteiger partial charge is 0.377 e. The summed E-state index contributed by atoms with van der Waals surface area (Å²) in [6.07, 6.45) is 0. The number of aromatic hydroxyl groups is 1. The third kappa shape index (κ3) is 2.05. The van der Waals surface area contributed by atoms with Crippen LogP contribution in [0, 0.1) is 0 Å². The van der Waals surface area contributed by atoms with Crippen LogP contribution in [0.1, 0.15) is 10.4 Å². The van der Waals surface area contributed by atoms with Gasteiger partial charge in [0.1, 0.15) is 5.75 Å². The van der Waals surface area contributed by atoms with Crippen molar-refractivity contribution in [2.75, 3.05) is 14.2 Å². The molecule has 1 aromatic carbocycles. The highest BCUT2D eigenvalue weighted by molar-refractivity contribution is 6.40. The van der Waals surface area contributed by atoms with E-state index in [0.717, 1.165) is 6.07 Å². The van der Waals surface area contributed by atoms with Crippen molar-refractivity contribution in [1.29, 1.82) is 0 Å². The number of Topliss-reactive ketones (excluding diaryl/α,β-unsaturated/α-hetero) is 1. The number of benzene rings is 1. The fourth-order valence-corrected chi connectivity index (χ4v) is 1.23. The van der Waals surface area contributed by atoms with Gasteiger partial charge < -0.3 is 19.7 Å². The molecule has 0 aliphatic heterocycles. The van der Waals surface area contributed by atoms with E-state index >= 15 is 0 Å². The number of hydrogen-bond acceptors (Lipinski definition) is 5. The van der Waals surface area contributed by atoms with Gasteiger partial charge in [0.2, 0.25) is 0 Å².